The van der Waals surface area contributed by atoms with Gasteiger partial charge >= 0.3 is 11.7 Å². The Morgan fingerprint density at radius 2 is 2.38 bits per heavy atom. The van der Waals surface area contributed by atoms with Crippen molar-refractivity contribution < 1.29 is 9.36 Å². The van der Waals surface area contributed by atoms with Crippen LogP contribution in [0.3, 0.4) is 0 Å². The van der Waals surface area contributed by atoms with Crippen LogP contribution in [0, 0.1) is 0 Å². The Balaban J connectivity index is 2.76. The lowest BCUT2D eigenvalue weighted by Gasteiger charge is -2.00. The molecule has 1 aromatic heterocycles. The van der Waals surface area contributed by atoms with Crippen molar-refractivity contribution in [2.75, 3.05) is 6.54 Å². The van der Waals surface area contributed by atoms with E-state index in [9.17, 15) is 4.79 Å². The molecule has 0 fully saturated rings. The molecule has 0 spiro atoms. The molecule has 13 heavy (non-hydrogen) atoms. The van der Waals surface area contributed by atoms with Crippen molar-refractivity contribution in [1.82, 2.24) is 9.88 Å². The summed E-state index contributed by atoms with van der Waals surface area (Å²) in [6, 6.07) is 0. The molecule has 1 amide bonds. The van der Waals surface area contributed by atoms with Gasteiger partial charge in [0.2, 0.25) is 0 Å². The zero-order valence-electron chi connectivity index (χ0n) is 8.37. The number of aromatic nitrogens is 2. The van der Waals surface area contributed by atoms with Crippen molar-refractivity contribution in [2.45, 2.75) is 13.3 Å². The number of hydrogen-bond acceptors (Lipinski definition) is 1. The summed E-state index contributed by atoms with van der Waals surface area (Å²) in [4.78, 5) is 11.6. The van der Waals surface area contributed by atoms with Crippen LogP contribution < -0.4 is 9.88 Å². The minimum atomic E-state index is -0.0168. The Hall–Kier alpha value is -1.32. The van der Waals surface area contributed by atoms with Crippen molar-refractivity contribution >= 4 is 5.91 Å². The molecule has 1 rings (SSSR count). The number of carbonyl (C=O) groups is 1. The quantitative estimate of drug-likeness (QED) is 0.656. The lowest BCUT2D eigenvalue weighted by atomic mass is 10.4. The van der Waals surface area contributed by atoms with Crippen LogP contribution >= 0.6 is 0 Å². The summed E-state index contributed by atoms with van der Waals surface area (Å²) in [6.45, 7) is 2.76. The van der Waals surface area contributed by atoms with E-state index in [2.05, 4.69) is 5.32 Å². The molecule has 0 unspecified atom stereocenters. The third kappa shape index (κ3) is 2.08. The summed E-state index contributed by atoms with van der Waals surface area (Å²) < 4.78 is 3.62. The van der Waals surface area contributed by atoms with Gasteiger partial charge < -0.3 is 5.32 Å². The fourth-order valence-corrected chi connectivity index (χ4v) is 1.23. The molecule has 0 saturated carbocycles. The van der Waals surface area contributed by atoms with Crippen LogP contribution in [-0.4, -0.2) is 17.0 Å². The van der Waals surface area contributed by atoms with E-state index in [1.54, 1.807) is 0 Å². The third-order valence-electron chi connectivity index (χ3n) is 1.92. The van der Waals surface area contributed by atoms with Crippen LogP contribution in [0.25, 0.3) is 0 Å². The van der Waals surface area contributed by atoms with Crippen molar-refractivity contribution in [2.24, 2.45) is 14.1 Å². The van der Waals surface area contributed by atoms with Crippen LogP contribution in [0.15, 0.2) is 12.4 Å². The Morgan fingerprint density at radius 1 is 1.69 bits per heavy atom. The van der Waals surface area contributed by atoms with Crippen molar-refractivity contribution in [3.8, 4) is 0 Å². The second kappa shape index (κ2) is 4.07. The zero-order chi connectivity index (χ0) is 9.84. The van der Waals surface area contributed by atoms with E-state index >= 15 is 0 Å². The monoisotopic (exact) mass is 182 g/mol. The molecule has 0 saturated heterocycles. The Labute approximate surface area is 78.2 Å². The molecule has 72 valence electrons. The summed E-state index contributed by atoms with van der Waals surface area (Å²) in [6.07, 6.45) is 4.68. The summed E-state index contributed by atoms with van der Waals surface area (Å²) in [5, 5.41) is 2.84. The lowest BCUT2D eigenvalue weighted by molar-refractivity contribution is -0.673. The molecule has 0 bridgehead atoms. The maximum atomic E-state index is 11.6. The van der Waals surface area contributed by atoms with E-state index in [4.69, 9.17) is 0 Å². The van der Waals surface area contributed by atoms with Gasteiger partial charge in [-0.25, -0.2) is 9.13 Å². The van der Waals surface area contributed by atoms with Crippen molar-refractivity contribution in [1.29, 1.82) is 0 Å². The molecule has 0 aliphatic heterocycles. The van der Waals surface area contributed by atoms with E-state index in [1.807, 2.05) is 42.5 Å². The van der Waals surface area contributed by atoms with Crippen LogP contribution in [-0.2, 0) is 14.1 Å². The first-order valence-electron chi connectivity index (χ1n) is 4.46. The maximum Gasteiger partial charge on any atom is 0.347 e. The Bertz CT molecular complexity index is 284. The zero-order valence-corrected chi connectivity index (χ0v) is 8.37. The van der Waals surface area contributed by atoms with Crippen LogP contribution in [0.2, 0.25) is 0 Å². The summed E-state index contributed by atoms with van der Waals surface area (Å²) in [5.74, 6) is 0.658. The molecule has 1 heterocycles. The first kappa shape index (κ1) is 9.77. The van der Waals surface area contributed by atoms with Gasteiger partial charge in [-0.2, -0.15) is 0 Å². The van der Waals surface area contributed by atoms with Crippen LogP contribution in [0.5, 0.6) is 0 Å². The molecular weight excluding hydrogens is 166 g/mol. The lowest BCUT2D eigenvalue weighted by Crippen LogP contribution is -2.40. The Kier molecular flexibility index (Phi) is 3.06. The molecule has 0 aliphatic carbocycles. The van der Waals surface area contributed by atoms with E-state index in [0.29, 0.717) is 5.82 Å². The Morgan fingerprint density at radius 3 is 2.85 bits per heavy atom. The van der Waals surface area contributed by atoms with E-state index in [-0.39, 0.29) is 5.91 Å². The highest BCUT2D eigenvalue weighted by Crippen LogP contribution is 1.90. The average molecular weight is 182 g/mol. The maximum absolute atomic E-state index is 11.6. The number of rotatable bonds is 3. The fraction of sp³-hybridized carbons (Fsp3) is 0.556. The van der Waals surface area contributed by atoms with Gasteiger partial charge in [-0.1, -0.05) is 6.92 Å². The van der Waals surface area contributed by atoms with Crippen molar-refractivity contribution in [3.05, 3.63) is 18.2 Å². The molecule has 1 N–H and O–H groups in total. The predicted molar refractivity (Wildman–Crippen MR) is 49.2 cm³/mol. The molecular formula is C9H16N3O+. The number of amides is 1. The average Bonchev–Trinajstić information content (AvgIpc) is 2.42. The number of nitrogens with zero attached hydrogens (tertiary/aromatic N) is 2. The smallest absolute Gasteiger partial charge is 0.346 e. The summed E-state index contributed by atoms with van der Waals surface area (Å²) in [5.41, 5.74) is 0. The molecule has 0 atom stereocenters. The van der Waals surface area contributed by atoms with Gasteiger partial charge in [0.1, 0.15) is 12.4 Å². The summed E-state index contributed by atoms with van der Waals surface area (Å²) in [7, 11) is 3.72. The number of carbonyl (C=O) groups excluding carboxylic acids is 1. The van der Waals surface area contributed by atoms with Gasteiger partial charge in [0, 0.05) is 6.54 Å². The van der Waals surface area contributed by atoms with Gasteiger partial charge in [0.15, 0.2) is 0 Å². The number of hydrogen-bond donors (Lipinski definition) is 1. The molecule has 4 heteroatoms. The SMILES string of the molecule is CCCNC(=O)c1n(C)cc[n+]1C. The normalized spacial score (nSPS) is 10.1. The topological polar surface area (TPSA) is 37.9 Å². The highest BCUT2D eigenvalue weighted by Gasteiger charge is 2.19. The predicted octanol–water partition coefficient (Wildman–Crippen LogP) is -0.0106. The molecule has 1 aromatic rings. The minimum Gasteiger partial charge on any atom is -0.346 e. The second-order valence-corrected chi connectivity index (χ2v) is 3.10. The van der Waals surface area contributed by atoms with Gasteiger partial charge in [-0.3, -0.25) is 4.79 Å². The molecule has 0 aliphatic rings. The fourth-order valence-electron chi connectivity index (χ4n) is 1.23. The highest BCUT2D eigenvalue weighted by molar-refractivity contribution is 5.89. The molecule has 4 nitrogen and oxygen atoms in total. The van der Waals surface area contributed by atoms with Gasteiger partial charge in [-0.15, -0.1) is 0 Å². The van der Waals surface area contributed by atoms with Gasteiger partial charge in [0.05, 0.1) is 14.1 Å². The van der Waals surface area contributed by atoms with Crippen LogP contribution in [0.1, 0.15) is 24.0 Å². The van der Waals surface area contributed by atoms with Crippen LogP contribution in [0.4, 0.5) is 0 Å². The van der Waals surface area contributed by atoms with Gasteiger partial charge in [-0.05, 0) is 6.42 Å². The number of nitrogens with one attached hydrogen (secondary N) is 1. The molecule has 0 aromatic carbocycles. The van der Waals surface area contributed by atoms with E-state index in [1.165, 1.54) is 0 Å². The standard InChI is InChI=1S/C9H15N3O/c1-4-5-10-8(13)9-11(2)6-7-12(9)3/h6-7H,4-5H2,1-3H3/p+1. The summed E-state index contributed by atoms with van der Waals surface area (Å²) >= 11 is 0. The molecule has 0 radical (unpaired) electrons. The minimum absolute atomic E-state index is 0.0168. The second-order valence-electron chi connectivity index (χ2n) is 3.10. The largest absolute Gasteiger partial charge is 0.347 e. The third-order valence-corrected chi connectivity index (χ3v) is 1.92. The van der Waals surface area contributed by atoms with Gasteiger partial charge in [0.25, 0.3) is 0 Å². The first-order chi connectivity index (χ1) is 6.16. The first-order valence-corrected chi connectivity index (χ1v) is 4.46. The van der Waals surface area contributed by atoms with E-state index < -0.39 is 0 Å². The number of imidazole rings is 1. The van der Waals surface area contributed by atoms with E-state index in [0.717, 1.165) is 13.0 Å². The van der Waals surface area contributed by atoms with Crippen molar-refractivity contribution in [3.63, 3.8) is 0 Å². The highest BCUT2D eigenvalue weighted by atomic mass is 16.2. The number of aryl methyl sites for hydroxylation is 2.